The summed E-state index contributed by atoms with van der Waals surface area (Å²) in [6.07, 6.45) is 16.1. The van der Waals surface area contributed by atoms with E-state index in [1.807, 2.05) is 0 Å². The van der Waals surface area contributed by atoms with E-state index in [1.54, 1.807) is 11.9 Å². The largest absolute Gasteiger partial charge is 0.369 e. The topological polar surface area (TPSA) is 61.9 Å². The molecule has 0 aromatic carbocycles. The molecule has 2 saturated carbocycles. The number of likely N-dealkylation sites (tertiary alicyclic amines) is 1. The Morgan fingerprint density at radius 1 is 1.00 bits per heavy atom. The van der Waals surface area contributed by atoms with Gasteiger partial charge in [0.05, 0.1) is 0 Å². The molecule has 0 aromatic heterocycles. The third kappa shape index (κ3) is 6.20. The fourth-order valence-corrected chi connectivity index (χ4v) is 5.29. The SMILES string of the molecule is CN(C(=O)CCC1CCCCC1)C(N)=NC[C@@H]1CCC[C@H](N2CCCC2)C1. The summed E-state index contributed by atoms with van der Waals surface area (Å²) in [6, 6.07) is 0.748. The van der Waals surface area contributed by atoms with Gasteiger partial charge in [-0.05, 0) is 63.5 Å². The first-order valence-electron chi connectivity index (χ1n) is 11.4. The van der Waals surface area contributed by atoms with E-state index in [2.05, 4.69) is 9.89 Å². The molecule has 5 nitrogen and oxygen atoms in total. The average molecular weight is 377 g/mol. The molecule has 3 fully saturated rings. The van der Waals surface area contributed by atoms with Crippen LogP contribution in [-0.2, 0) is 4.79 Å². The summed E-state index contributed by atoms with van der Waals surface area (Å²) in [7, 11) is 1.79. The van der Waals surface area contributed by atoms with Crippen LogP contribution in [0.4, 0.5) is 0 Å². The minimum absolute atomic E-state index is 0.125. The van der Waals surface area contributed by atoms with Crippen molar-refractivity contribution in [3.8, 4) is 0 Å². The molecule has 154 valence electrons. The number of rotatable bonds is 6. The number of nitrogens with zero attached hydrogens (tertiary/aromatic N) is 3. The molecule has 0 unspecified atom stereocenters. The number of hydrogen-bond acceptors (Lipinski definition) is 3. The Hall–Kier alpha value is -1.10. The molecule has 3 rings (SSSR count). The zero-order chi connectivity index (χ0) is 19.1. The summed E-state index contributed by atoms with van der Waals surface area (Å²) in [5, 5.41) is 0. The van der Waals surface area contributed by atoms with Crippen molar-refractivity contribution >= 4 is 11.9 Å². The summed E-state index contributed by atoms with van der Waals surface area (Å²) in [5.41, 5.74) is 6.15. The van der Waals surface area contributed by atoms with Gasteiger partial charge in [0.2, 0.25) is 5.91 Å². The molecule has 0 bridgehead atoms. The number of carbonyl (C=O) groups excluding carboxylic acids is 1. The fourth-order valence-electron chi connectivity index (χ4n) is 5.29. The number of nitrogens with two attached hydrogens (primary N) is 1. The van der Waals surface area contributed by atoms with Crippen LogP contribution in [0.2, 0.25) is 0 Å². The molecule has 0 aromatic rings. The highest BCUT2D eigenvalue weighted by molar-refractivity contribution is 5.95. The smallest absolute Gasteiger partial charge is 0.229 e. The Morgan fingerprint density at radius 2 is 1.70 bits per heavy atom. The van der Waals surface area contributed by atoms with Crippen LogP contribution in [0.25, 0.3) is 0 Å². The van der Waals surface area contributed by atoms with E-state index >= 15 is 0 Å². The average Bonchev–Trinajstić information content (AvgIpc) is 3.25. The van der Waals surface area contributed by atoms with Crippen LogP contribution in [0.3, 0.4) is 0 Å². The lowest BCUT2D eigenvalue weighted by Gasteiger charge is -2.34. The second-order valence-corrected chi connectivity index (χ2v) is 9.12. The molecule has 2 N–H and O–H groups in total. The Bertz CT molecular complexity index is 495. The van der Waals surface area contributed by atoms with Gasteiger partial charge in [-0.25, -0.2) is 0 Å². The van der Waals surface area contributed by atoms with Crippen molar-refractivity contribution in [2.45, 2.75) is 89.5 Å². The molecule has 1 aliphatic heterocycles. The summed E-state index contributed by atoms with van der Waals surface area (Å²) in [5.74, 6) is 1.89. The molecule has 1 saturated heterocycles. The van der Waals surface area contributed by atoms with Crippen LogP contribution >= 0.6 is 0 Å². The first kappa shape index (κ1) is 20.6. The van der Waals surface area contributed by atoms with Gasteiger partial charge in [-0.15, -0.1) is 0 Å². The molecule has 2 aliphatic carbocycles. The van der Waals surface area contributed by atoms with Crippen molar-refractivity contribution in [3.05, 3.63) is 0 Å². The maximum absolute atomic E-state index is 12.5. The van der Waals surface area contributed by atoms with Gasteiger partial charge in [-0.2, -0.15) is 0 Å². The molecule has 2 atom stereocenters. The van der Waals surface area contributed by atoms with E-state index in [-0.39, 0.29) is 5.91 Å². The highest BCUT2D eigenvalue weighted by Gasteiger charge is 2.28. The first-order valence-corrected chi connectivity index (χ1v) is 11.4. The third-order valence-corrected chi connectivity index (χ3v) is 7.13. The molecular formula is C22H40N4O. The molecule has 1 heterocycles. The van der Waals surface area contributed by atoms with Gasteiger partial charge >= 0.3 is 0 Å². The first-order chi connectivity index (χ1) is 13.1. The van der Waals surface area contributed by atoms with Crippen molar-refractivity contribution in [2.75, 3.05) is 26.7 Å². The molecule has 0 spiro atoms. The predicted molar refractivity (Wildman–Crippen MR) is 112 cm³/mol. The maximum Gasteiger partial charge on any atom is 0.229 e. The van der Waals surface area contributed by atoms with Crippen LogP contribution in [0, 0.1) is 11.8 Å². The summed E-state index contributed by atoms with van der Waals surface area (Å²) in [4.78, 5) is 21.3. The highest BCUT2D eigenvalue weighted by Crippen LogP contribution is 2.30. The lowest BCUT2D eigenvalue weighted by atomic mass is 9.85. The Kier molecular flexibility index (Phi) is 7.98. The van der Waals surface area contributed by atoms with Gasteiger partial charge in [0.1, 0.15) is 0 Å². The number of aliphatic imine (C=N–C) groups is 1. The minimum atomic E-state index is 0.125. The number of carbonyl (C=O) groups is 1. The zero-order valence-corrected chi connectivity index (χ0v) is 17.4. The lowest BCUT2D eigenvalue weighted by molar-refractivity contribution is -0.126. The molecule has 1 amide bonds. The second kappa shape index (κ2) is 10.4. The third-order valence-electron chi connectivity index (χ3n) is 7.13. The highest BCUT2D eigenvalue weighted by atomic mass is 16.2. The Morgan fingerprint density at radius 3 is 2.44 bits per heavy atom. The van der Waals surface area contributed by atoms with Gasteiger partial charge in [-0.3, -0.25) is 14.7 Å². The van der Waals surface area contributed by atoms with Gasteiger partial charge < -0.3 is 10.6 Å². The van der Waals surface area contributed by atoms with E-state index in [0.29, 0.717) is 18.3 Å². The predicted octanol–water partition coefficient (Wildman–Crippen LogP) is 3.77. The maximum atomic E-state index is 12.5. The van der Waals surface area contributed by atoms with E-state index in [4.69, 9.17) is 5.73 Å². The van der Waals surface area contributed by atoms with Crippen molar-refractivity contribution in [1.82, 2.24) is 9.80 Å². The number of guanidine groups is 1. The number of amides is 1. The van der Waals surface area contributed by atoms with E-state index < -0.39 is 0 Å². The Balaban J connectivity index is 1.40. The monoisotopic (exact) mass is 376 g/mol. The van der Waals surface area contributed by atoms with Crippen molar-refractivity contribution in [2.24, 2.45) is 22.6 Å². The Labute approximate surface area is 165 Å². The molecular weight excluding hydrogens is 336 g/mol. The van der Waals surface area contributed by atoms with Crippen LogP contribution in [0.15, 0.2) is 4.99 Å². The minimum Gasteiger partial charge on any atom is -0.369 e. The van der Waals surface area contributed by atoms with Crippen LogP contribution < -0.4 is 5.73 Å². The van der Waals surface area contributed by atoms with Crippen LogP contribution in [0.5, 0.6) is 0 Å². The van der Waals surface area contributed by atoms with E-state index in [1.165, 1.54) is 83.7 Å². The summed E-state index contributed by atoms with van der Waals surface area (Å²) < 4.78 is 0. The normalized spacial score (nSPS) is 28.4. The summed E-state index contributed by atoms with van der Waals surface area (Å²) in [6.45, 7) is 3.33. The lowest BCUT2D eigenvalue weighted by Crippen LogP contribution is -2.40. The van der Waals surface area contributed by atoms with E-state index in [9.17, 15) is 4.79 Å². The fraction of sp³-hybridized carbons (Fsp3) is 0.909. The van der Waals surface area contributed by atoms with Crippen LogP contribution in [-0.4, -0.2) is 54.4 Å². The summed E-state index contributed by atoms with van der Waals surface area (Å²) >= 11 is 0. The second-order valence-electron chi connectivity index (χ2n) is 9.12. The standard InChI is InChI=1S/C22H40N4O/c1-25(21(27)13-12-18-8-3-2-4-9-18)22(23)24-17-19-10-7-11-20(16-19)26-14-5-6-15-26/h18-20H,2-17H2,1H3,(H2,23,24)/t19-,20+/m1/s1. The number of hydrogen-bond donors (Lipinski definition) is 1. The quantitative estimate of drug-likeness (QED) is 0.567. The molecule has 5 heteroatoms. The van der Waals surface area contributed by atoms with Gasteiger partial charge in [0.25, 0.3) is 0 Å². The molecule has 0 radical (unpaired) electrons. The zero-order valence-electron chi connectivity index (χ0n) is 17.4. The van der Waals surface area contributed by atoms with E-state index in [0.717, 1.165) is 24.9 Å². The van der Waals surface area contributed by atoms with Crippen molar-refractivity contribution in [1.29, 1.82) is 0 Å². The van der Waals surface area contributed by atoms with Crippen molar-refractivity contribution in [3.63, 3.8) is 0 Å². The molecule has 27 heavy (non-hydrogen) atoms. The van der Waals surface area contributed by atoms with Gasteiger partial charge in [-0.1, -0.05) is 38.5 Å². The molecule has 3 aliphatic rings. The van der Waals surface area contributed by atoms with Crippen molar-refractivity contribution < 1.29 is 4.79 Å². The van der Waals surface area contributed by atoms with Gasteiger partial charge in [0, 0.05) is 26.1 Å². The van der Waals surface area contributed by atoms with Gasteiger partial charge in [0.15, 0.2) is 5.96 Å². The van der Waals surface area contributed by atoms with Crippen LogP contribution in [0.1, 0.15) is 83.5 Å².